The summed E-state index contributed by atoms with van der Waals surface area (Å²) in [6.45, 7) is 4.33. The number of hydrogen-bond donors (Lipinski definition) is 2. The molecule has 2 fully saturated rings. The predicted octanol–water partition coefficient (Wildman–Crippen LogP) is 4.02. The van der Waals surface area contributed by atoms with Crippen molar-refractivity contribution in [2.45, 2.75) is 62.9 Å². The first-order valence-corrected chi connectivity index (χ1v) is 13.2. The number of aliphatic hydroxyl groups excluding tert-OH is 1. The monoisotopic (exact) mass is 494 g/mol. The molecule has 2 N–H and O–H groups in total. The Labute approximate surface area is 216 Å². The van der Waals surface area contributed by atoms with Gasteiger partial charge in [0.15, 0.2) is 0 Å². The molecule has 0 radical (unpaired) electrons. The number of urea groups is 1. The standard InChI is InChI=1S/C29H42N4O3/c1-5-19-30-26(34)21-33-27(35)32(20-23-11-13-25(36-4)14-12-23)22-28(33)15-17-29(18-16-28,31(2)3)24-9-7-6-8-10-24/h6-14,26,30,34H,5,15-22H2,1-4H3. The highest BCUT2D eigenvalue weighted by molar-refractivity contribution is 5.78. The Morgan fingerprint density at radius 3 is 2.31 bits per heavy atom. The number of hydrogen-bond acceptors (Lipinski definition) is 5. The van der Waals surface area contributed by atoms with Crippen LogP contribution < -0.4 is 10.1 Å². The summed E-state index contributed by atoms with van der Waals surface area (Å²) in [4.78, 5) is 20.0. The molecule has 1 saturated heterocycles. The van der Waals surface area contributed by atoms with Gasteiger partial charge in [0.05, 0.1) is 19.2 Å². The van der Waals surface area contributed by atoms with E-state index < -0.39 is 6.23 Å². The Morgan fingerprint density at radius 1 is 1.06 bits per heavy atom. The minimum atomic E-state index is -0.735. The number of methoxy groups -OCH3 is 1. The highest BCUT2D eigenvalue weighted by atomic mass is 16.5. The molecule has 196 valence electrons. The largest absolute Gasteiger partial charge is 0.497 e. The molecule has 1 heterocycles. The Morgan fingerprint density at radius 2 is 1.72 bits per heavy atom. The van der Waals surface area contributed by atoms with Crippen LogP contribution in [0.15, 0.2) is 54.6 Å². The molecule has 1 atom stereocenters. The molecule has 2 amide bonds. The van der Waals surface area contributed by atoms with Gasteiger partial charge in [-0.25, -0.2) is 4.79 Å². The van der Waals surface area contributed by atoms with E-state index in [4.69, 9.17) is 4.74 Å². The number of nitrogens with zero attached hydrogens (tertiary/aromatic N) is 3. The van der Waals surface area contributed by atoms with Crippen LogP contribution in [-0.4, -0.2) is 78.4 Å². The summed E-state index contributed by atoms with van der Waals surface area (Å²) in [5.74, 6) is 0.808. The number of nitrogens with one attached hydrogen (secondary N) is 1. The molecular formula is C29H42N4O3. The number of aliphatic hydroxyl groups is 1. The quantitative estimate of drug-likeness (QED) is 0.489. The Hall–Kier alpha value is -2.61. The van der Waals surface area contributed by atoms with E-state index in [2.05, 4.69) is 61.6 Å². The fraction of sp³-hybridized carbons (Fsp3) is 0.552. The molecule has 2 aromatic carbocycles. The SMILES string of the molecule is CCCNC(O)CN1C(=O)N(Cc2ccc(OC)cc2)CC12CCC(c1ccccc1)(N(C)C)CC2. The molecule has 0 bridgehead atoms. The first kappa shape index (κ1) is 26.5. The van der Waals surface area contributed by atoms with Crippen LogP contribution in [0.2, 0.25) is 0 Å². The third-order valence-corrected chi connectivity index (χ3v) is 8.25. The number of carbonyl (C=O) groups excluding carboxylic acids is 1. The van der Waals surface area contributed by atoms with E-state index in [-0.39, 0.29) is 17.1 Å². The maximum absolute atomic E-state index is 13.8. The molecule has 1 aliphatic carbocycles. The molecule has 2 aromatic rings. The van der Waals surface area contributed by atoms with Crippen LogP contribution in [0.3, 0.4) is 0 Å². The average molecular weight is 495 g/mol. The lowest BCUT2D eigenvalue weighted by Gasteiger charge is -2.51. The van der Waals surface area contributed by atoms with Crippen LogP contribution in [0.4, 0.5) is 4.79 Å². The first-order chi connectivity index (χ1) is 17.3. The smallest absolute Gasteiger partial charge is 0.321 e. The van der Waals surface area contributed by atoms with Crippen LogP contribution in [0.25, 0.3) is 0 Å². The lowest BCUT2D eigenvalue weighted by atomic mass is 9.68. The molecule has 4 rings (SSSR count). The fourth-order valence-corrected chi connectivity index (χ4v) is 6.08. The highest BCUT2D eigenvalue weighted by Crippen LogP contribution is 2.49. The van der Waals surface area contributed by atoms with Crippen LogP contribution >= 0.6 is 0 Å². The third kappa shape index (κ3) is 5.24. The maximum Gasteiger partial charge on any atom is 0.321 e. The van der Waals surface area contributed by atoms with Gasteiger partial charge >= 0.3 is 6.03 Å². The van der Waals surface area contributed by atoms with E-state index in [1.807, 2.05) is 34.1 Å². The predicted molar refractivity (Wildman–Crippen MR) is 143 cm³/mol. The number of ether oxygens (including phenoxy) is 1. The first-order valence-electron chi connectivity index (χ1n) is 13.2. The van der Waals surface area contributed by atoms with Gasteiger partial charge in [0.25, 0.3) is 0 Å². The summed E-state index contributed by atoms with van der Waals surface area (Å²) >= 11 is 0. The second-order valence-electron chi connectivity index (χ2n) is 10.6. The average Bonchev–Trinajstić information content (AvgIpc) is 3.14. The van der Waals surface area contributed by atoms with Crippen LogP contribution in [0.5, 0.6) is 5.75 Å². The van der Waals surface area contributed by atoms with Crippen molar-refractivity contribution in [2.75, 3.05) is 40.8 Å². The number of carbonyl (C=O) groups is 1. The minimum absolute atomic E-state index is 0.0141. The maximum atomic E-state index is 13.8. The van der Waals surface area contributed by atoms with Gasteiger partial charge in [-0.05, 0) is 76.0 Å². The van der Waals surface area contributed by atoms with Crippen molar-refractivity contribution in [3.8, 4) is 5.75 Å². The second-order valence-corrected chi connectivity index (χ2v) is 10.6. The molecular weight excluding hydrogens is 452 g/mol. The lowest BCUT2D eigenvalue weighted by Crippen LogP contribution is -2.57. The zero-order chi connectivity index (χ0) is 25.8. The summed E-state index contributed by atoms with van der Waals surface area (Å²) in [7, 11) is 5.98. The van der Waals surface area contributed by atoms with Crippen molar-refractivity contribution in [2.24, 2.45) is 0 Å². The van der Waals surface area contributed by atoms with E-state index >= 15 is 0 Å². The van der Waals surface area contributed by atoms with E-state index in [0.717, 1.165) is 50.0 Å². The zero-order valence-electron chi connectivity index (χ0n) is 22.2. The van der Waals surface area contributed by atoms with E-state index in [1.165, 1.54) is 5.56 Å². The normalized spacial score (nSPS) is 25.1. The highest BCUT2D eigenvalue weighted by Gasteiger charge is 2.54. The molecule has 7 heteroatoms. The van der Waals surface area contributed by atoms with Gasteiger partial charge in [0.1, 0.15) is 12.0 Å². The van der Waals surface area contributed by atoms with Crippen molar-refractivity contribution >= 4 is 6.03 Å². The van der Waals surface area contributed by atoms with E-state index in [9.17, 15) is 9.90 Å². The number of rotatable bonds is 10. The molecule has 0 aromatic heterocycles. The van der Waals surface area contributed by atoms with Crippen molar-refractivity contribution in [3.63, 3.8) is 0 Å². The van der Waals surface area contributed by atoms with Gasteiger partial charge < -0.3 is 19.6 Å². The molecule has 1 unspecified atom stereocenters. The summed E-state index contributed by atoms with van der Waals surface area (Å²) in [6.07, 6.45) is 3.91. The number of benzene rings is 2. The van der Waals surface area contributed by atoms with E-state index in [0.29, 0.717) is 19.6 Å². The zero-order valence-corrected chi connectivity index (χ0v) is 22.2. The molecule has 1 aliphatic heterocycles. The molecule has 2 aliphatic rings. The summed E-state index contributed by atoms with van der Waals surface area (Å²) < 4.78 is 5.29. The van der Waals surface area contributed by atoms with Gasteiger partial charge in [-0.1, -0.05) is 49.4 Å². The second kappa shape index (κ2) is 11.2. The minimum Gasteiger partial charge on any atom is -0.497 e. The van der Waals surface area contributed by atoms with Crippen molar-refractivity contribution in [1.82, 2.24) is 20.0 Å². The summed E-state index contributed by atoms with van der Waals surface area (Å²) in [5, 5.41) is 13.9. The Balaban J connectivity index is 1.58. The molecule has 36 heavy (non-hydrogen) atoms. The van der Waals surface area contributed by atoms with Crippen molar-refractivity contribution in [1.29, 1.82) is 0 Å². The summed E-state index contributed by atoms with van der Waals surface area (Å²) in [6, 6.07) is 18.7. The van der Waals surface area contributed by atoms with Gasteiger partial charge in [-0.2, -0.15) is 0 Å². The van der Waals surface area contributed by atoms with Gasteiger partial charge in [-0.15, -0.1) is 0 Å². The Kier molecular flexibility index (Phi) is 8.23. The lowest BCUT2D eigenvalue weighted by molar-refractivity contribution is 0.00447. The van der Waals surface area contributed by atoms with Crippen molar-refractivity contribution < 1.29 is 14.6 Å². The van der Waals surface area contributed by atoms with Gasteiger partial charge in [0.2, 0.25) is 0 Å². The molecule has 1 saturated carbocycles. The van der Waals surface area contributed by atoms with Crippen molar-refractivity contribution in [3.05, 3.63) is 65.7 Å². The third-order valence-electron chi connectivity index (χ3n) is 8.25. The van der Waals surface area contributed by atoms with Gasteiger partial charge in [-0.3, -0.25) is 10.2 Å². The number of β-amino-alcohol motifs (C(OH)–C–C–N with tert-alkyl or cyclic N) is 1. The van der Waals surface area contributed by atoms with Crippen LogP contribution in [-0.2, 0) is 12.1 Å². The Bertz CT molecular complexity index is 987. The summed E-state index contributed by atoms with van der Waals surface area (Å²) in [5.41, 5.74) is 2.07. The fourth-order valence-electron chi connectivity index (χ4n) is 6.08. The van der Waals surface area contributed by atoms with Crippen LogP contribution in [0, 0.1) is 0 Å². The van der Waals surface area contributed by atoms with Gasteiger partial charge in [0, 0.05) is 18.6 Å². The molecule has 7 nitrogen and oxygen atoms in total. The number of amides is 2. The van der Waals surface area contributed by atoms with E-state index in [1.54, 1.807) is 7.11 Å². The molecule has 1 spiro atoms. The van der Waals surface area contributed by atoms with Crippen LogP contribution in [0.1, 0.15) is 50.2 Å². The topological polar surface area (TPSA) is 68.3 Å².